The molecular weight excluding hydrogens is 332 g/mol. The number of hydrogen-bond acceptors (Lipinski definition) is 5. The van der Waals surface area contributed by atoms with Crippen molar-refractivity contribution in [3.05, 3.63) is 30.1 Å². The maximum atomic E-state index is 5.26. The van der Waals surface area contributed by atoms with E-state index in [-0.39, 0.29) is 0 Å². The van der Waals surface area contributed by atoms with Crippen molar-refractivity contribution < 1.29 is 4.74 Å². The first kappa shape index (κ1) is 18.3. The van der Waals surface area contributed by atoms with Gasteiger partial charge in [-0.25, -0.2) is 9.67 Å². The standard InChI is InChI=1S/C19H28N4OS/c1-14(13-22(2)3)19-20-18(15-5-7-17(24-4)8-6-15)21-23(19)16-9-11-25-12-10-16/h5-8,14,16H,9-13H2,1-4H3. The summed E-state index contributed by atoms with van der Waals surface area (Å²) < 4.78 is 7.47. The maximum absolute atomic E-state index is 5.26. The van der Waals surface area contributed by atoms with E-state index >= 15 is 0 Å². The number of likely N-dealkylation sites (N-methyl/N-ethyl adjacent to an activating group) is 1. The van der Waals surface area contributed by atoms with Crippen molar-refractivity contribution >= 4 is 11.8 Å². The summed E-state index contributed by atoms with van der Waals surface area (Å²) in [5.74, 6) is 5.56. The van der Waals surface area contributed by atoms with Crippen LogP contribution in [0.15, 0.2) is 24.3 Å². The molecule has 2 heterocycles. The molecule has 1 aromatic carbocycles. The number of nitrogens with zero attached hydrogens (tertiary/aromatic N) is 4. The van der Waals surface area contributed by atoms with Gasteiger partial charge in [-0.15, -0.1) is 0 Å². The van der Waals surface area contributed by atoms with Crippen LogP contribution in [0.1, 0.15) is 37.5 Å². The molecule has 136 valence electrons. The Balaban J connectivity index is 1.94. The monoisotopic (exact) mass is 360 g/mol. The van der Waals surface area contributed by atoms with Gasteiger partial charge < -0.3 is 9.64 Å². The molecule has 5 nitrogen and oxygen atoms in total. The molecule has 0 radical (unpaired) electrons. The minimum Gasteiger partial charge on any atom is -0.497 e. The number of hydrogen-bond donors (Lipinski definition) is 0. The van der Waals surface area contributed by atoms with Crippen molar-refractivity contribution in [2.24, 2.45) is 0 Å². The summed E-state index contributed by atoms with van der Waals surface area (Å²) in [6.07, 6.45) is 2.36. The molecule has 2 aromatic rings. The van der Waals surface area contributed by atoms with Gasteiger partial charge in [-0.1, -0.05) is 6.92 Å². The lowest BCUT2D eigenvalue weighted by Gasteiger charge is -2.25. The minimum atomic E-state index is 0.351. The van der Waals surface area contributed by atoms with Crippen LogP contribution in [0, 0.1) is 0 Å². The molecule has 3 rings (SSSR count). The summed E-state index contributed by atoms with van der Waals surface area (Å²) in [5.41, 5.74) is 1.04. The van der Waals surface area contributed by atoms with E-state index in [1.54, 1.807) is 7.11 Å². The third kappa shape index (κ3) is 4.36. The summed E-state index contributed by atoms with van der Waals surface area (Å²) in [4.78, 5) is 7.16. The molecular formula is C19H28N4OS. The molecule has 1 saturated heterocycles. The molecule has 1 unspecified atom stereocenters. The summed E-state index contributed by atoms with van der Waals surface area (Å²) in [5, 5.41) is 4.92. The van der Waals surface area contributed by atoms with Crippen molar-refractivity contribution in [3.8, 4) is 17.1 Å². The van der Waals surface area contributed by atoms with Gasteiger partial charge in [0.25, 0.3) is 0 Å². The molecule has 0 N–H and O–H groups in total. The lowest BCUT2D eigenvalue weighted by Crippen LogP contribution is -2.24. The van der Waals surface area contributed by atoms with E-state index in [0.717, 1.165) is 29.5 Å². The van der Waals surface area contributed by atoms with Crippen molar-refractivity contribution in [2.75, 3.05) is 39.3 Å². The molecule has 0 amide bonds. The average molecular weight is 361 g/mol. The van der Waals surface area contributed by atoms with E-state index in [1.807, 2.05) is 36.0 Å². The van der Waals surface area contributed by atoms with Crippen molar-refractivity contribution in [1.29, 1.82) is 0 Å². The van der Waals surface area contributed by atoms with Crippen LogP contribution in [0.2, 0.25) is 0 Å². The highest BCUT2D eigenvalue weighted by Gasteiger charge is 2.24. The Morgan fingerprint density at radius 3 is 2.52 bits per heavy atom. The van der Waals surface area contributed by atoms with Gasteiger partial charge in [0.15, 0.2) is 5.82 Å². The van der Waals surface area contributed by atoms with Gasteiger partial charge >= 0.3 is 0 Å². The Labute approximate surface area is 154 Å². The van der Waals surface area contributed by atoms with Gasteiger partial charge in [-0.3, -0.25) is 0 Å². The molecule has 1 aliphatic heterocycles. The Hall–Kier alpha value is -1.53. The van der Waals surface area contributed by atoms with E-state index in [0.29, 0.717) is 12.0 Å². The first-order valence-corrected chi connectivity index (χ1v) is 10.1. The van der Waals surface area contributed by atoms with Gasteiger partial charge in [0.2, 0.25) is 0 Å². The number of ether oxygens (including phenoxy) is 1. The summed E-state index contributed by atoms with van der Waals surface area (Å²) in [6, 6.07) is 8.48. The Bertz CT molecular complexity index is 677. The largest absolute Gasteiger partial charge is 0.497 e. The second kappa shape index (κ2) is 8.23. The molecule has 0 bridgehead atoms. The van der Waals surface area contributed by atoms with Crippen molar-refractivity contribution in [2.45, 2.75) is 31.7 Å². The number of aromatic nitrogens is 3. The lowest BCUT2D eigenvalue weighted by molar-refractivity contribution is 0.349. The quantitative estimate of drug-likeness (QED) is 0.786. The normalized spacial score (nSPS) is 17.0. The van der Waals surface area contributed by atoms with E-state index in [9.17, 15) is 0 Å². The number of benzene rings is 1. The van der Waals surface area contributed by atoms with Crippen LogP contribution in [0.3, 0.4) is 0 Å². The highest BCUT2D eigenvalue weighted by molar-refractivity contribution is 7.99. The first-order valence-electron chi connectivity index (χ1n) is 8.92. The predicted octanol–water partition coefficient (Wildman–Crippen LogP) is 3.69. The highest BCUT2D eigenvalue weighted by atomic mass is 32.2. The Kier molecular flexibility index (Phi) is 6.02. The fourth-order valence-corrected chi connectivity index (χ4v) is 4.44. The molecule has 1 aromatic heterocycles. The SMILES string of the molecule is COc1ccc(-c2nc(C(C)CN(C)C)n(C3CCSCC3)n2)cc1. The van der Waals surface area contributed by atoms with Crippen molar-refractivity contribution in [3.63, 3.8) is 0 Å². The fraction of sp³-hybridized carbons (Fsp3) is 0.579. The second-order valence-corrected chi connectivity index (χ2v) is 8.20. The molecule has 0 saturated carbocycles. The maximum Gasteiger partial charge on any atom is 0.181 e. The highest BCUT2D eigenvalue weighted by Crippen LogP contribution is 2.31. The summed E-state index contributed by atoms with van der Waals surface area (Å²) in [6.45, 7) is 3.22. The number of methoxy groups -OCH3 is 1. The molecule has 1 fully saturated rings. The Morgan fingerprint density at radius 2 is 1.92 bits per heavy atom. The van der Waals surface area contributed by atoms with E-state index in [1.165, 1.54) is 24.3 Å². The summed E-state index contributed by atoms with van der Waals surface area (Å²) >= 11 is 2.04. The van der Waals surface area contributed by atoms with Gasteiger partial charge in [-0.05, 0) is 62.7 Å². The minimum absolute atomic E-state index is 0.351. The van der Waals surface area contributed by atoms with Crippen LogP contribution in [0.5, 0.6) is 5.75 Å². The topological polar surface area (TPSA) is 43.2 Å². The molecule has 1 aliphatic rings. The van der Waals surface area contributed by atoms with Crippen LogP contribution in [0.4, 0.5) is 0 Å². The zero-order valence-electron chi connectivity index (χ0n) is 15.6. The van der Waals surface area contributed by atoms with Gasteiger partial charge in [0.05, 0.1) is 13.2 Å². The van der Waals surface area contributed by atoms with E-state index in [2.05, 4.69) is 30.6 Å². The van der Waals surface area contributed by atoms with E-state index < -0.39 is 0 Å². The van der Waals surface area contributed by atoms with Crippen LogP contribution in [-0.2, 0) is 0 Å². The Morgan fingerprint density at radius 1 is 1.24 bits per heavy atom. The lowest BCUT2D eigenvalue weighted by atomic mass is 10.1. The third-order valence-electron chi connectivity index (χ3n) is 4.62. The van der Waals surface area contributed by atoms with Gasteiger partial charge in [0.1, 0.15) is 11.6 Å². The fourth-order valence-electron chi connectivity index (χ4n) is 3.36. The van der Waals surface area contributed by atoms with Crippen LogP contribution >= 0.6 is 11.8 Å². The van der Waals surface area contributed by atoms with Gasteiger partial charge in [0, 0.05) is 18.0 Å². The van der Waals surface area contributed by atoms with Crippen LogP contribution in [0.25, 0.3) is 11.4 Å². The molecule has 6 heteroatoms. The second-order valence-electron chi connectivity index (χ2n) is 6.97. The van der Waals surface area contributed by atoms with Crippen LogP contribution < -0.4 is 4.74 Å². The predicted molar refractivity (Wildman–Crippen MR) is 105 cm³/mol. The smallest absolute Gasteiger partial charge is 0.181 e. The van der Waals surface area contributed by atoms with Crippen LogP contribution in [-0.4, -0.2) is 58.9 Å². The molecule has 1 atom stereocenters. The zero-order valence-corrected chi connectivity index (χ0v) is 16.4. The zero-order chi connectivity index (χ0) is 17.8. The summed E-state index contributed by atoms with van der Waals surface area (Å²) in [7, 11) is 5.90. The van der Waals surface area contributed by atoms with Gasteiger partial charge in [-0.2, -0.15) is 16.9 Å². The first-order chi connectivity index (χ1) is 12.1. The number of thioether (sulfide) groups is 1. The third-order valence-corrected chi connectivity index (χ3v) is 5.67. The number of rotatable bonds is 6. The molecule has 25 heavy (non-hydrogen) atoms. The molecule has 0 aliphatic carbocycles. The van der Waals surface area contributed by atoms with Crippen molar-refractivity contribution in [1.82, 2.24) is 19.7 Å². The molecule has 0 spiro atoms. The van der Waals surface area contributed by atoms with E-state index in [4.69, 9.17) is 14.8 Å². The average Bonchev–Trinajstić information content (AvgIpc) is 3.07.